The Bertz CT molecular complexity index is 1670. The lowest BCUT2D eigenvalue weighted by Crippen LogP contribution is -2.55. The molecule has 1 saturated heterocycles. The number of nitrogens with zero attached hydrogens (tertiary/aromatic N) is 2. The molecule has 3 aromatic rings. The van der Waals surface area contributed by atoms with Crippen LogP contribution in [0, 0.1) is 0 Å². The molecule has 0 bridgehead atoms. The van der Waals surface area contributed by atoms with Crippen LogP contribution in [0.5, 0.6) is 0 Å². The maximum Gasteiger partial charge on any atom is 0.264 e. The molecular formula is C33H40N4O4S2. The number of hydrogen-bond donors (Lipinski definition) is 2. The topological polar surface area (TPSA) is 98.8 Å². The minimum absolute atomic E-state index is 0.0238. The van der Waals surface area contributed by atoms with E-state index in [2.05, 4.69) is 38.3 Å². The fourth-order valence-electron chi connectivity index (χ4n) is 6.93. The predicted octanol–water partition coefficient (Wildman–Crippen LogP) is 5.93. The molecule has 0 radical (unpaired) electrons. The number of piperidine rings is 1. The number of nitrogens with one attached hydrogen (secondary N) is 2. The van der Waals surface area contributed by atoms with Gasteiger partial charge in [0.2, 0.25) is 0 Å². The number of aryl methyl sites for hydroxylation is 1. The molecule has 3 aliphatic rings. The molecule has 0 atom stereocenters. The normalized spacial score (nSPS) is 19.3. The van der Waals surface area contributed by atoms with Gasteiger partial charge in [0.25, 0.3) is 21.8 Å². The van der Waals surface area contributed by atoms with Gasteiger partial charge < -0.3 is 15.5 Å². The van der Waals surface area contributed by atoms with Crippen LogP contribution in [-0.2, 0) is 28.4 Å². The van der Waals surface area contributed by atoms with Gasteiger partial charge in [-0.1, -0.05) is 18.2 Å². The number of benzene rings is 2. The number of hydrogen-bond acceptors (Lipinski definition) is 6. The minimum Gasteiger partial charge on any atom is -0.339 e. The highest BCUT2D eigenvalue weighted by Gasteiger charge is 2.42. The van der Waals surface area contributed by atoms with Crippen molar-refractivity contribution in [3.8, 4) is 0 Å². The summed E-state index contributed by atoms with van der Waals surface area (Å²) in [5.74, 6) is -0.396. The van der Waals surface area contributed by atoms with E-state index in [9.17, 15) is 18.0 Å². The lowest BCUT2D eigenvalue weighted by atomic mass is 9.81. The molecule has 8 nitrogen and oxygen atoms in total. The lowest BCUT2D eigenvalue weighted by Gasteiger charge is -2.42. The van der Waals surface area contributed by atoms with E-state index >= 15 is 0 Å². The van der Waals surface area contributed by atoms with Crippen LogP contribution < -0.4 is 14.9 Å². The first-order valence-electron chi connectivity index (χ1n) is 15.1. The van der Waals surface area contributed by atoms with Crippen LogP contribution in [-0.4, -0.2) is 50.3 Å². The van der Waals surface area contributed by atoms with Gasteiger partial charge in [0, 0.05) is 41.2 Å². The summed E-state index contributed by atoms with van der Waals surface area (Å²) in [5.41, 5.74) is 3.08. The number of carbonyl (C=O) groups excluding carboxylic acids is 2. The van der Waals surface area contributed by atoms with Crippen molar-refractivity contribution in [3.05, 3.63) is 75.7 Å². The number of rotatable bonds is 5. The largest absolute Gasteiger partial charge is 0.339 e. The number of sulfonamides is 1. The molecule has 0 aliphatic carbocycles. The van der Waals surface area contributed by atoms with Crippen molar-refractivity contribution in [1.82, 2.24) is 10.2 Å². The number of thiophene rings is 1. The summed E-state index contributed by atoms with van der Waals surface area (Å²) >= 11 is 1.46. The summed E-state index contributed by atoms with van der Waals surface area (Å²) in [6, 6.07) is 13.7. The number of fused-ring (bicyclic) bond motifs is 2. The highest BCUT2D eigenvalue weighted by molar-refractivity contribution is 7.92. The molecule has 2 N–H and O–H groups in total. The standard InChI is InChI=1S/C33H40N4O4S2/c1-32(2)21-25-27(31(39)36-18-8-5-9-19-36)30(42-28(25)33(3,4)35-32)34-29(38)23-14-16-24(17-15-23)43(40,41)37-20-10-12-22-11-6-7-13-26(22)37/h6-7,11,13-17,35H,5,8-10,12,18-21H2,1-4H3,(H,34,38). The van der Waals surface area contributed by atoms with Gasteiger partial charge in [-0.3, -0.25) is 13.9 Å². The minimum atomic E-state index is -3.79. The average molecular weight is 621 g/mol. The second kappa shape index (κ2) is 11.1. The van der Waals surface area contributed by atoms with Gasteiger partial charge in [0.1, 0.15) is 5.00 Å². The van der Waals surface area contributed by atoms with Gasteiger partial charge in [-0.05, 0) is 108 Å². The van der Waals surface area contributed by atoms with Crippen molar-refractivity contribution in [2.45, 2.75) is 82.2 Å². The summed E-state index contributed by atoms with van der Waals surface area (Å²) in [7, 11) is -3.79. The van der Waals surface area contributed by atoms with E-state index in [1.165, 1.54) is 27.8 Å². The molecule has 0 spiro atoms. The van der Waals surface area contributed by atoms with Crippen LogP contribution in [0.25, 0.3) is 0 Å². The molecule has 10 heteroatoms. The number of carbonyl (C=O) groups is 2. The molecule has 43 heavy (non-hydrogen) atoms. The van der Waals surface area contributed by atoms with E-state index in [-0.39, 0.29) is 27.8 Å². The van der Waals surface area contributed by atoms with Gasteiger partial charge in [0.05, 0.1) is 16.1 Å². The summed E-state index contributed by atoms with van der Waals surface area (Å²) in [6.45, 7) is 10.4. The predicted molar refractivity (Wildman–Crippen MR) is 172 cm³/mol. The van der Waals surface area contributed by atoms with Crippen LogP contribution in [0.4, 0.5) is 10.7 Å². The Labute approximate surface area is 258 Å². The quantitative estimate of drug-likeness (QED) is 0.369. The van der Waals surface area contributed by atoms with E-state index in [0.717, 1.165) is 61.2 Å². The maximum atomic E-state index is 14.0. The Hall–Kier alpha value is -3.21. The van der Waals surface area contributed by atoms with E-state index in [0.29, 0.717) is 34.8 Å². The van der Waals surface area contributed by atoms with Crippen LogP contribution in [0.3, 0.4) is 0 Å². The van der Waals surface area contributed by atoms with Crippen molar-refractivity contribution in [2.24, 2.45) is 0 Å². The SMILES string of the molecule is CC1(C)Cc2c(sc(NC(=O)c3ccc(S(=O)(=O)N4CCCc5ccccc54)cc3)c2C(=O)N2CCCCC2)C(C)(C)N1. The van der Waals surface area contributed by atoms with Gasteiger partial charge in [-0.25, -0.2) is 8.42 Å². The summed E-state index contributed by atoms with van der Waals surface area (Å²) in [6.07, 6.45) is 5.37. The molecule has 3 aliphatic heterocycles. The van der Waals surface area contributed by atoms with E-state index < -0.39 is 10.0 Å². The van der Waals surface area contributed by atoms with E-state index in [1.807, 2.05) is 29.2 Å². The van der Waals surface area contributed by atoms with Gasteiger partial charge >= 0.3 is 0 Å². The highest BCUT2D eigenvalue weighted by Crippen LogP contribution is 2.46. The Morgan fingerprint density at radius 2 is 1.60 bits per heavy atom. The van der Waals surface area contributed by atoms with E-state index in [4.69, 9.17) is 0 Å². The van der Waals surface area contributed by atoms with Gasteiger partial charge in [-0.15, -0.1) is 11.3 Å². The van der Waals surface area contributed by atoms with Crippen molar-refractivity contribution in [3.63, 3.8) is 0 Å². The zero-order chi connectivity index (χ0) is 30.6. The van der Waals surface area contributed by atoms with E-state index in [1.54, 1.807) is 12.1 Å². The lowest BCUT2D eigenvalue weighted by molar-refractivity contribution is 0.0723. The molecule has 1 fully saturated rings. The van der Waals surface area contributed by atoms with Crippen LogP contribution >= 0.6 is 11.3 Å². The fraction of sp³-hybridized carbons (Fsp3) is 0.455. The van der Waals surface area contributed by atoms with Crippen LogP contribution in [0.15, 0.2) is 53.4 Å². The number of anilines is 2. The Balaban J connectivity index is 1.30. The Morgan fingerprint density at radius 1 is 0.907 bits per heavy atom. The average Bonchev–Trinajstić information content (AvgIpc) is 3.34. The molecule has 228 valence electrons. The third-order valence-corrected chi connectivity index (χ3v) is 12.0. The zero-order valence-electron chi connectivity index (χ0n) is 25.3. The summed E-state index contributed by atoms with van der Waals surface area (Å²) in [4.78, 5) is 30.7. The molecular weight excluding hydrogens is 581 g/mol. The number of amides is 2. The first-order chi connectivity index (χ1) is 20.4. The summed E-state index contributed by atoms with van der Waals surface area (Å²) in [5, 5.41) is 7.30. The van der Waals surface area contributed by atoms with Crippen molar-refractivity contribution < 1.29 is 18.0 Å². The monoisotopic (exact) mass is 620 g/mol. The Kier molecular flexibility index (Phi) is 7.67. The third-order valence-electron chi connectivity index (χ3n) is 8.70. The maximum absolute atomic E-state index is 14.0. The molecule has 2 aromatic carbocycles. The number of likely N-dealkylation sites (tertiary alicyclic amines) is 1. The molecule has 2 amide bonds. The molecule has 0 saturated carbocycles. The molecule has 4 heterocycles. The van der Waals surface area contributed by atoms with Crippen LogP contribution in [0.1, 0.15) is 90.1 Å². The van der Waals surface area contributed by atoms with Crippen LogP contribution in [0.2, 0.25) is 0 Å². The Morgan fingerprint density at radius 3 is 2.33 bits per heavy atom. The van der Waals surface area contributed by atoms with Gasteiger partial charge in [0.15, 0.2) is 0 Å². The number of para-hydroxylation sites is 1. The first-order valence-corrected chi connectivity index (χ1v) is 17.4. The van der Waals surface area contributed by atoms with Crippen molar-refractivity contribution in [2.75, 3.05) is 29.3 Å². The van der Waals surface area contributed by atoms with Crippen molar-refractivity contribution >= 4 is 43.9 Å². The summed E-state index contributed by atoms with van der Waals surface area (Å²) < 4.78 is 28.7. The second-order valence-electron chi connectivity index (χ2n) is 13.1. The van der Waals surface area contributed by atoms with Gasteiger partial charge in [-0.2, -0.15) is 0 Å². The first kappa shape index (κ1) is 29.8. The van der Waals surface area contributed by atoms with Crippen molar-refractivity contribution in [1.29, 1.82) is 0 Å². The second-order valence-corrected chi connectivity index (χ2v) is 15.9. The highest BCUT2D eigenvalue weighted by atomic mass is 32.2. The zero-order valence-corrected chi connectivity index (χ0v) is 27.0. The molecule has 6 rings (SSSR count). The molecule has 0 unspecified atom stereocenters. The molecule has 1 aromatic heterocycles. The fourth-order valence-corrected chi connectivity index (χ4v) is 9.73. The smallest absolute Gasteiger partial charge is 0.264 e. The third kappa shape index (κ3) is 5.60.